The number of hydrogen-bond donors (Lipinski definition) is 1. The summed E-state index contributed by atoms with van der Waals surface area (Å²) in [5.74, 6) is 1.61. The minimum absolute atomic E-state index is 0.218. The third-order valence-electron chi connectivity index (χ3n) is 2.78. The van der Waals surface area contributed by atoms with E-state index in [1.165, 1.54) is 6.26 Å². The number of aromatic nitrogens is 2. The zero-order chi connectivity index (χ0) is 15.6. The zero-order valence-corrected chi connectivity index (χ0v) is 14.4. The van der Waals surface area contributed by atoms with Crippen LogP contribution in [-0.4, -0.2) is 24.6 Å². The molecule has 21 heavy (non-hydrogen) atoms. The lowest BCUT2D eigenvalue weighted by atomic mass is 10.2. The van der Waals surface area contributed by atoms with Crippen molar-refractivity contribution in [3.05, 3.63) is 40.8 Å². The van der Waals surface area contributed by atoms with Gasteiger partial charge in [-0.3, -0.25) is 0 Å². The number of benzene rings is 1. The van der Waals surface area contributed by atoms with E-state index in [0.717, 1.165) is 11.5 Å². The van der Waals surface area contributed by atoms with Gasteiger partial charge in [0, 0.05) is 23.9 Å². The first kappa shape index (κ1) is 15.9. The Morgan fingerprint density at radius 1 is 1.14 bits per heavy atom. The SMILES string of the molecule is CC(C)c1nc(Br)cc(Nc2ccc(S(C)(=O)=O)cc2)n1. The molecule has 0 aliphatic heterocycles. The van der Waals surface area contributed by atoms with Crippen LogP contribution >= 0.6 is 15.9 Å². The number of hydrogen-bond acceptors (Lipinski definition) is 5. The average molecular weight is 370 g/mol. The molecule has 1 aromatic carbocycles. The third kappa shape index (κ3) is 4.25. The van der Waals surface area contributed by atoms with Gasteiger partial charge in [0.2, 0.25) is 0 Å². The van der Waals surface area contributed by atoms with Crippen LogP contribution in [0.1, 0.15) is 25.6 Å². The Kier molecular flexibility index (Phi) is 4.63. The van der Waals surface area contributed by atoms with Crippen LogP contribution in [0, 0.1) is 0 Å². The molecule has 7 heteroatoms. The van der Waals surface area contributed by atoms with Gasteiger partial charge in [-0.15, -0.1) is 0 Å². The molecule has 0 saturated heterocycles. The summed E-state index contributed by atoms with van der Waals surface area (Å²) < 4.78 is 23.5. The van der Waals surface area contributed by atoms with E-state index < -0.39 is 9.84 Å². The number of sulfone groups is 1. The Balaban J connectivity index is 2.26. The Bertz CT molecular complexity index is 743. The molecule has 0 fully saturated rings. The summed E-state index contributed by atoms with van der Waals surface area (Å²) in [7, 11) is -3.18. The molecular formula is C14H16BrN3O2S. The summed E-state index contributed by atoms with van der Waals surface area (Å²) in [5.41, 5.74) is 0.766. The van der Waals surface area contributed by atoms with Gasteiger partial charge in [-0.05, 0) is 40.2 Å². The molecule has 2 aromatic rings. The van der Waals surface area contributed by atoms with Gasteiger partial charge < -0.3 is 5.32 Å². The third-order valence-corrected chi connectivity index (χ3v) is 4.32. The smallest absolute Gasteiger partial charge is 0.175 e. The Labute approximate surface area is 132 Å². The lowest BCUT2D eigenvalue weighted by Crippen LogP contribution is -2.02. The van der Waals surface area contributed by atoms with Crippen LogP contribution in [0.2, 0.25) is 0 Å². The van der Waals surface area contributed by atoms with E-state index in [1.54, 1.807) is 30.3 Å². The number of anilines is 2. The molecule has 0 radical (unpaired) electrons. The first-order valence-electron chi connectivity index (χ1n) is 6.37. The second-order valence-corrected chi connectivity index (χ2v) is 7.84. The second-order valence-electron chi connectivity index (χ2n) is 5.01. The number of nitrogens with zero attached hydrogens (tertiary/aromatic N) is 2. The first-order chi connectivity index (χ1) is 9.75. The van der Waals surface area contributed by atoms with Crippen molar-refractivity contribution in [3.63, 3.8) is 0 Å². The highest BCUT2D eigenvalue weighted by Gasteiger charge is 2.09. The summed E-state index contributed by atoms with van der Waals surface area (Å²) in [6, 6.07) is 8.33. The van der Waals surface area contributed by atoms with Gasteiger partial charge in [0.15, 0.2) is 9.84 Å². The van der Waals surface area contributed by atoms with E-state index >= 15 is 0 Å². The van der Waals surface area contributed by atoms with Crippen molar-refractivity contribution >= 4 is 37.3 Å². The monoisotopic (exact) mass is 369 g/mol. The standard InChI is InChI=1S/C14H16BrN3O2S/c1-9(2)14-17-12(15)8-13(18-14)16-10-4-6-11(7-5-10)21(3,19)20/h4-9H,1-3H3,(H,16,17,18). The molecule has 0 unspecified atom stereocenters. The lowest BCUT2D eigenvalue weighted by Gasteiger charge is -2.10. The molecule has 5 nitrogen and oxygen atoms in total. The zero-order valence-electron chi connectivity index (χ0n) is 12.0. The van der Waals surface area contributed by atoms with E-state index in [0.29, 0.717) is 15.3 Å². The predicted octanol–water partition coefficient (Wildman–Crippen LogP) is 3.51. The normalized spacial score (nSPS) is 11.7. The highest BCUT2D eigenvalue weighted by molar-refractivity contribution is 9.10. The largest absolute Gasteiger partial charge is 0.340 e. The maximum atomic E-state index is 11.4. The number of halogens is 1. The van der Waals surface area contributed by atoms with Crippen LogP contribution < -0.4 is 5.32 Å². The van der Waals surface area contributed by atoms with Crippen molar-refractivity contribution in [1.82, 2.24) is 9.97 Å². The second kappa shape index (κ2) is 6.11. The predicted molar refractivity (Wildman–Crippen MR) is 86.7 cm³/mol. The van der Waals surface area contributed by atoms with Crippen molar-refractivity contribution < 1.29 is 8.42 Å². The molecule has 0 aliphatic rings. The molecule has 2 rings (SSSR count). The molecule has 0 amide bonds. The molecule has 0 saturated carbocycles. The molecule has 0 atom stereocenters. The van der Waals surface area contributed by atoms with E-state index in [2.05, 4.69) is 31.2 Å². The number of rotatable bonds is 4. The molecule has 0 spiro atoms. The van der Waals surface area contributed by atoms with Gasteiger partial charge in [0.25, 0.3) is 0 Å². The molecule has 1 N–H and O–H groups in total. The summed E-state index contributed by atoms with van der Waals surface area (Å²) in [6.45, 7) is 4.04. The van der Waals surface area contributed by atoms with Gasteiger partial charge in [0.1, 0.15) is 16.2 Å². The summed E-state index contributed by atoms with van der Waals surface area (Å²) >= 11 is 3.36. The van der Waals surface area contributed by atoms with Crippen LogP contribution in [0.25, 0.3) is 0 Å². The van der Waals surface area contributed by atoms with Crippen LogP contribution in [0.15, 0.2) is 39.8 Å². The minimum Gasteiger partial charge on any atom is -0.340 e. The fourth-order valence-electron chi connectivity index (χ4n) is 1.69. The molecule has 112 valence electrons. The molecular weight excluding hydrogens is 354 g/mol. The van der Waals surface area contributed by atoms with Crippen molar-refractivity contribution in [3.8, 4) is 0 Å². The quantitative estimate of drug-likeness (QED) is 0.834. The molecule has 1 aromatic heterocycles. The van der Waals surface area contributed by atoms with Crippen LogP contribution in [0.4, 0.5) is 11.5 Å². The van der Waals surface area contributed by atoms with Gasteiger partial charge in [-0.2, -0.15) is 0 Å². The maximum Gasteiger partial charge on any atom is 0.175 e. The molecule has 1 heterocycles. The van der Waals surface area contributed by atoms with Gasteiger partial charge >= 0.3 is 0 Å². The van der Waals surface area contributed by atoms with E-state index in [9.17, 15) is 8.42 Å². The van der Waals surface area contributed by atoms with Gasteiger partial charge in [-0.25, -0.2) is 18.4 Å². The van der Waals surface area contributed by atoms with Crippen molar-refractivity contribution in [2.45, 2.75) is 24.7 Å². The first-order valence-corrected chi connectivity index (χ1v) is 9.06. The van der Waals surface area contributed by atoms with E-state index in [-0.39, 0.29) is 5.92 Å². The Morgan fingerprint density at radius 3 is 2.29 bits per heavy atom. The highest BCUT2D eigenvalue weighted by atomic mass is 79.9. The summed E-state index contributed by atoms with van der Waals surface area (Å²) in [6.07, 6.45) is 1.19. The fourth-order valence-corrected chi connectivity index (χ4v) is 2.72. The van der Waals surface area contributed by atoms with Gasteiger partial charge in [0.05, 0.1) is 4.90 Å². The van der Waals surface area contributed by atoms with E-state index in [4.69, 9.17) is 0 Å². The van der Waals surface area contributed by atoms with Crippen LogP contribution in [-0.2, 0) is 9.84 Å². The summed E-state index contributed by atoms with van der Waals surface area (Å²) in [4.78, 5) is 9.03. The van der Waals surface area contributed by atoms with Crippen molar-refractivity contribution in [1.29, 1.82) is 0 Å². The number of nitrogens with one attached hydrogen (secondary N) is 1. The Morgan fingerprint density at radius 2 is 1.76 bits per heavy atom. The fraction of sp³-hybridized carbons (Fsp3) is 0.286. The van der Waals surface area contributed by atoms with Gasteiger partial charge in [-0.1, -0.05) is 13.8 Å². The van der Waals surface area contributed by atoms with Crippen molar-refractivity contribution in [2.75, 3.05) is 11.6 Å². The topological polar surface area (TPSA) is 72.0 Å². The molecule has 0 bridgehead atoms. The van der Waals surface area contributed by atoms with Crippen LogP contribution in [0.5, 0.6) is 0 Å². The summed E-state index contributed by atoms with van der Waals surface area (Å²) in [5, 5.41) is 3.14. The van der Waals surface area contributed by atoms with Crippen LogP contribution in [0.3, 0.4) is 0 Å². The lowest BCUT2D eigenvalue weighted by molar-refractivity contribution is 0.602. The minimum atomic E-state index is -3.18. The average Bonchev–Trinajstić information content (AvgIpc) is 2.37. The molecule has 0 aliphatic carbocycles. The van der Waals surface area contributed by atoms with Crippen molar-refractivity contribution in [2.24, 2.45) is 0 Å². The Hall–Kier alpha value is -1.47. The van der Waals surface area contributed by atoms with E-state index in [1.807, 2.05) is 13.8 Å². The maximum absolute atomic E-state index is 11.4. The highest BCUT2D eigenvalue weighted by Crippen LogP contribution is 2.21.